The maximum absolute atomic E-state index is 12.6. The minimum absolute atomic E-state index is 0.0552. The highest BCUT2D eigenvalue weighted by atomic mass is 16.5. The number of likely N-dealkylation sites (tertiary alicyclic amines) is 1. The molecule has 7 nitrogen and oxygen atoms in total. The Bertz CT molecular complexity index is 725. The molecule has 2 saturated heterocycles. The van der Waals surface area contributed by atoms with Gasteiger partial charge in [0, 0.05) is 43.3 Å². The predicted octanol–water partition coefficient (Wildman–Crippen LogP) is 1.11. The Hall–Kier alpha value is -2.41. The van der Waals surface area contributed by atoms with Crippen LogP contribution in [0.15, 0.2) is 24.3 Å². The lowest BCUT2D eigenvalue weighted by Gasteiger charge is -2.27. The average molecular weight is 357 g/mol. The largest absolute Gasteiger partial charge is 0.378 e. The number of benzene rings is 1. The first-order chi connectivity index (χ1) is 12.6. The van der Waals surface area contributed by atoms with Crippen molar-refractivity contribution in [2.75, 3.05) is 38.2 Å². The summed E-state index contributed by atoms with van der Waals surface area (Å²) in [7, 11) is 0. The van der Waals surface area contributed by atoms with E-state index in [0.717, 1.165) is 12.8 Å². The maximum Gasteiger partial charge on any atom is 0.254 e. The third-order valence-corrected chi connectivity index (χ3v) is 5.19. The van der Waals surface area contributed by atoms with Crippen molar-refractivity contribution in [3.8, 4) is 0 Å². The maximum atomic E-state index is 12.6. The molecule has 1 aromatic carbocycles. The zero-order valence-electron chi connectivity index (χ0n) is 14.6. The topological polar surface area (TPSA) is 79.0 Å². The molecule has 1 aromatic rings. The summed E-state index contributed by atoms with van der Waals surface area (Å²) in [5.74, 6) is -0.455. The number of nitrogens with zero attached hydrogens (tertiary/aromatic N) is 2. The number of rotatable bonds is 4. The fourth-order valence-electron chi connectivity index (χ4n) is 3.57. The number of carbonyl (C=O) groups is 3. The number of amides is 3. The van der Waals surface area contributed by atoms with E-state index in [1.54, 1.807) is 29.2 Å². The van der Waals surface area contributed by atoms with Crippen LogP contribution in [0.1, 0.15) is 29.6 Å². The van der Waals surface area contributed by atoms with Gasteiger partial charge in [-0.3, -0.25) is 14.4 Å². The van der Waals surface area contributed by atoms with E-state index in [4.69, 9.17) is 4.74 Å². The summed E-state index contributed by atoms with van der Waals surface area (Å²) in [5, 5.41) is 2.87. The lowest BCUT2D eigenvalue weighted by molar-refractivity contribution is -0.128. The van der Waals surface area contributed by atoms with Crippen LogP contribution in [-0.4, -0.2) is 66.4 Å². The molecule has 0 radical (unpaired) electrons. The van der Waals surface area contributed by atoms with Crippen LogP contribution in [0.4, 0.5) is 5.69 Å². The minimum Gasteiger partial charge on any atom is -0.378 e. The molecule has 1 aliphatic carbocycles. The lowest BCUT2D eigenvalue weighted by atomic mass is 10.1. The van der Waals surface area contributed by atoms with Crippen LogP contribution in [-0.2, 0) is 14.3 Å². The zero-order valence-corrected chi connectivity index (χ0v) is 14.6. The fraction of sp³-hybridized carbons (Fsp3) is 0.526. The summed E-state index contributed by atoms with van der Waals surface area (Å²) in [6, 6.07) is 7.32. The second kappa shape index (κ2) is 7.07. The molecule has 3 amide bonds. The van der Waals surface area contributed by atoms with Crippen LogP contribution in [0.5, 0.6) is 0 Å². The number of carbonyl (C=O) groups excluding carboxylic acids is 3. The van der Waals surface area contributed by atoms with Gasteiger partial charge in [0.15, 0.2) is 0 Å². The SMILES string of the molecule is O=C(Nc1cccc(C(=O)N2CCOCC2)c1)C1CC(=O)N(C2CC2)C1. The molecule has 2 aliphatic heterocycles. The molecule has 0 spiro atoms. The van der Waals surface area contributed by atoms with Gasteiger partial charge in [0.2, 0.25) is 11.8 Å². The molecule has 1 saturated carbocycles. The molecule has 2 heterocycles. The standard InChI is InChI=1S/C19H23N3O4/c23-17-11-14(12-22(17)16-4-5-16)18(24)20-15-3-1-2-13(10-15)19(25)21-6-8-26-9-7-21/h1-3,10,14,16H,4-9,11-12H2,(H,20,24). The van der Waals surface area contributed by atoms with Crippen molar-refractivity contribution in [2.45, 2.75) is 25.3 Å². The monoisotopic (exact) mass is 357 g/mol. The highest BCUT2D eigenvalue weighted by Crippen LogP contribution is 2.33. The molecule has 138 valence electrons. The van der Waals surface area contributed by atoms with Gasteiger partial charge in [-0.1, -0.05) is 6.07 Å². The van der Waals surface area contributed by atoms with Crippen molar-refractivity contribution in [3.63, 3.8) is 0 Å². The van der Waals surface area contributed by atoms with Crippen LogP contribution in [0.25, 0.3) is 0 Å². The van der Waals surface area contributed by atoms with Gasteiger partial charge in [0.1, 0.15) is 0 Å². The lowest BCUT2D eigenvalue weighted by Crippen LogP contribution is -2.40. The van der Waals surface area contributed by atoms with E-state index in [-0.39, 0.29) is 30.1 Å². The van der Waals surface area contributed by atoms with Gasteiger partial charge in [0.05, 0.1) is 19.1 Å². The summed E-state index contributed by atoms with van der Waals surface area (Å²) < 4.78 is 5.28. The Labute approximate surface area is 152 Å². The minimum atomic E-state index is -0.318. The second-order valence-corrected chi connectivity index (χ2v) is 7.15. The summed E-state index contributed by atoms with van der Waals surface area (Å²) in [6.45, 7) is 2.76. The van der Waals surface area contributed by atoms with E-state index in [1.807, 2.05) is 4.90 Å². The molecule has 1 unspecified atom stereocenters. The average Bonchev–Trinajstić information content (AvgIpc) is 3.43. The molecule has 26 heavy (non-hydrogen) atoms. The molecular formula is C19H23N3O4. The summed E-state index contributed by atoms with van der Waals surface area (Å²) >= 11 is 0. The van der Waals surface area contributed by atoms with Gasteiger partial charge in [-0.05, 0) is 31.0 Å². The van der Waals surface area contributed by atoms with Crippen LogP contribution in [0.2, 0.25) is 0 Å². The van der Waals surface area contributed by atoms with Gasteiger partial charge >= 0.3 is 0 Å². The Morgan fingerprint density at radius 2 is 1.92 bits per heavy atom. The molecule has 0 bridgehead atoms. The molecule has 0 aromatic heterocycles. The van der Waals surface area contributed by atoms with E-state index in [1.165, 1.54) is 0 Å². The molecule has 7 heteroatoms. The zero-order chi connectivity index (χ0) is 18.1. The highest BCUT2D eigenvalue weighted by Gasteiger charge is 2.41. The van der Waals surface area contributed by atoms with Crippen molar-refractivity contribution in [1.82, 2.24) is 9.80 Å². The molecule has 3 fully saturated rings. The third-order valence-electron chi connectivity index (χ3n) is 5.19. The number of anilines is 1. The van der Waals surface area contributed by atoms with Crippen molar-refractivity contribution in [2.24, 2.45) is 5.92 Å². The van der Waals surface area contributed by atoms with E-state index in [0.29, 0.717) is 50.1 Å². The van der Waals surface area contributed by atoms with E-state index < -0.39 is 0 Å². The first-order valence-corrected chi connectivity index (χ1v) is 9.19. The number of nitrogens with one attached hydrogen (secondary N) is 1. The number of hydrogen-bond donors (Lipinski definition) is 1. The van der Waals surface area contributed by atoms with Crippen molar-refractivity contribution >= 4 is 23.4 Å². The van der Waals surface area contributed by atoms with Gasteiger partial charge in [0.25, 0.3) is 5.91 Å². The predicted molar refractivity (Wildman–Crippen MR) is 94.6 cm³/mol. The fourth-order valence-corrected chi connectivity index (χ4v) is 3.57. The molecule has 4 rings (SSSR count). The molecule has 1 atom stereocenters. The Balaban J connectivity index is 1.39. The Kier molecular flexibility index (Phi) is 4.63. The Morgan fingerprint density at radius 1 is 1.15 bits per heavy atom. The molecule has 1 N–H and O–H groups in total. The quantitative estimate of drug-likeness (QED) is 0.875. The van der Waals surface area contributed by atoms with Crippen LogP contribution < -0.4 is 5.32 Å². The van der Waals surface area contributed by atoms with Gasteiger partial charge in [-0.25, -0.2) is 0 Å². The second-order valence-electron chi connectivity index (χ2n) is 7.15. The van der Waals surface area contributed by atoms with E-state index in [2.05, 4.69) is 5.32 Å². The number of ether oxygens (including phenoxy) is 1. The van der Waals surface area contributed by atoms with Crippen molar-refractivity contribution in [3.05, 3.63) is 29.8 Å². The van der Waals surface area contributed by atoms with Crippen molar-refractivity contribution in [1.29, 1.82) is 0 Å². The van der Waals surface area contributed by atoms with Crippen LogP contribution in [0.3, 0.4) is 0 Å². The summed E-state index contributed by atoms with van der Waals surface area (Å²) in [5.41, 5.74) is 1.14. The first kappa shape index (κ1) is 17.0. The van der Waals surface area contributed by atoms with Gasteiger partial charge < -0.3 is 19.9 Å². The van der Waals surface area contributed by atoms with Gasteiger partial charge in [-0.15, -0.1) is 0 Å². The number of morpholine rings is 1. The van der Waals surface area contributed by atoms with Crippen molar-refractivity contribution < 1.29 is 19.1 Å². The third kappa shape index (κ3) is 3.58. The highest BCUT2D eigenvalue weighted by molar-refractivity contribution is 5.99. The van der Waals surface area contributed by atoms with E-state index >= 15 is 0 Å². The first-order valence-electron chi connectivity index (χ1n) is 9.19. The summed E-state index contributed by atoms with van der Waals surface area (Å²) in [4.78, 5) is 40.7. The number of hydrogen-bond acceptors (Lipinski definition) is 4. The van der Waals surface area contributed by atoms with E-state index in [9.17, 15) is 14.4 Å². The van der Waals surface area contributed by atoms with Crippen LogP contribution in [0, 0.1) is 5.92 Å². The molecule has 3 aliphatic rings. The normalized spacial score (nSPS) is 23.2. The van der Waals surface area contributed by atoms with Crippen LogP contribution >= 0.6 is 0 Å². The molecular weight excluding hydrogens is 334 g/mol. The smallest absolute Gasteiger partial charge is 0.254 e. The van der Waals surface area contributed by atoms with Gasteiger partial charge in [-0.2, -0.15) is 0 Å². The Morgan fingerprint density at radius 3 is 2.65 bits per heavy atom. The summed E-state index contributed by atoms with van der Waals surface area (Å²) in [6.07, 6.45) is 2.37.